The second kappa shape index (κ2) is 4.38. The zero-order valence-corrected chi connectivity index (χ0v) is 11.3. The zero-order chi connectivity index (χ0) is 14.3. The zero-order valence-electron chi connectivity index (χ0n) is 11.3. The number of aromatic nitrogens is 1. The Morgan fingerprint density at radius 2 is 1.79 bits per heavy atom. The summed E-state index contributed by atoms with van der Waals surface area (Å²) >= 11 is 0. The molecule has 0 bridgehead atoms. The summed E-state index contributed by atoms with van der Waals surface area (Å²) in [6.07, 6.45) is 1.52. The van der Waals surface area contributed by atoms with E-state index in [0.29, 0.717) is 0 Å². The SMILES string of the molecule is Cc1cc(/C=C2/C(=O)NC(=O)N(C)C2=O)c(C)n1C. The molecule has 0 unspecified atom stereocenters. The van der Waals surface area contributed by atoms with E-state index in [1.807, 2.05) is 31.5 Å². The molecule has 19 heavy (non-hydrogen) atoms. The van der Waals surface area contributed by atoms with Crippen LogP contribution in [0.3, 0.4) is 0 Å². The molecule has 1 N–H and O–H groups in total. The predicted octanol–water partition coefficient (Wildman–Crippen LogP) is 0.734. The van der Waals surface area contributed by atoms with Crippen molar-refractivity contribution in [1.82, 2.24) is 14.8 Å². The molecular formula is C13H15N3O3. The van der Waals surface area contributed by atoms with Gasteiger partial charge in [0.2, 0.25) is 0 Å². The molecule has 1 aromatic heterocycles. The van der Waals surface area contributed by atoms with Crippen molar-refractivity contribution >= 4 is 23.9 Å². The second-order valence-corrected chi connectivity index (χ2v) is 4.57. The van der Waals surface area contributed by atoms with Crippen LogP contribution in [-0.2, 0) is 16.6 Å². The normalized spacial score (nSPS) is 18.2. The van der Waals surface area contributed by atoms with Gasteiger partial charge in [-0.3, -0.25) is 19.8 Å². The van der Waals surface area contributed by atoms with Gasteiger partial charge in [-0.15, -0.1) is 0 Å². The van der Waals surface area contributed by atoms with Crippen molar-refractivity contribution in [1.29, 1.82) is 0 Å². The summed E-state index contributed by atoms with van der Waals surface area (Å²) in [6.45, 7) is 3.84. The number of rotatable bonds is 1. The van der Waals surface area contributed by atoms with Gasteiger partial charge in [0.15, 0.2) is 0 Å². The van der Waals surface area contributed by atoms with E-state index >= 15 is 0 Å². The van der Waals surface area contributed by atoms with Gasteiger partial charge in [0, 0.05) is 25.5 Å². The van der Waals surface area contributed by atoms with E-state index < -0.39 is 17.8 Å². The Kier molecular flexibility index (Phi) is 3.01. The maximum Gasteiger partial charge on any atom is 0.331 e. The van der Waals surface area contributed by atoms with Crippen LogP contribution in [-0.4, -0.2) is 34.4 Å². The first kappa shape index (κ1) is 13.1. The van der Waals surface area contributed by atoms with Crippen molar-refractivity contribution in [2.45, 2.75) is 13.8 Å². The molecule has 0 aliphatic carbocycles. The third-order valence-corrected chi connectivity index (χ3v) is 3.42. The fourth-order valence-corrected chi connectivity index (χ4v) is 1.93. The third kappa shape index (κ3) is 2.05. The van der Waals surface area contributed by atoms with Crippen molar-refractivity contribution in [2.24, 2.45) is 7.05 Å². The molecule has 1 aliphatic heterocycles. The van der Waals surface area contributed by atoms with Crippen molar-refractivity contribution in [3.63, 3.8) is 0 Å². The lowest BCUT2D eigenvalue weighted by atomic mass is 10.1. The third-order valence-electron chi connectivity index (χ3n) is 3.42. The molecule has 6 heteroatoms. The average molecular weight is 261 g/mol. The smallest absolute Gasteiger partial charge is 0.331 e. The number of likely N-dealkylation sites (N-methyl/N-ethyl adjacent to an activating group) is 1. The lowest BCUT2D eigenvalue weighted by Gasteiger charge is -2.22. The van der Waals surface area contributed by atoms with Crippen LogP contribution in [0.2, 0.25) is 0 Å². The Morgan fingerprint density at radius 3 is 2.32 bits per heavy atom. The Bertz CT molecular complexity index is 625. The van der Waals surface area contributed by atoms with Crippen LogP contribution in [0.15, 0.2) is 11.6 Å². The molecule has 0 atom stereocenters. The van der Waals surface area contributed by atoms with E-state index in [2.05, 4.69) is 5.32 Å². The number of carbonyl (C=O) groups excluding carboxylic acids is 3. The lowest BCUT2D eigenvalue weighted by Crippen LogP contribution is -2.52. The molecule has 0 saturated carbocycles. The molecule has 100 valence electrons. The molecular weight excluding hydrogens is 246 g/mol. The summed E-state index contributed by atoms with van der Waals surface area (Å²) in [7, 11) is 3.24. The van der Waals surface area contributed by atoms with Gasteiger partial charge >= 0.3 is 6.03 Å². The molecule has 0 aromatic carbocycles. The van der Waals surface area contributed by atoms with Gasteiger partial charge in [-0.25, -0.2) is 4.79 Å². The minimum absolute atomic E-state index is 0.0317. The lowest BCUT2D eigenvalue weighted by molar-refractivity contribution is -0.129. The first-order valence-corrected chi connectivity index (χ1v) is 5.81. The van der Waals surface area contributed by atoms with Crippen LogP contribution in [0.5, 0.6) is 0 Å². The first-order chi connectivity index (χ1) is 8.82. The van der Waals surface area contributed by atoms with Crippen LogP contribution in [0.4, 0.5) is 4.79 Å². The minimum atomic E-state index is -0.701. The van der Waals surface area contributed by atoms with Crippen LogP contribution >= 0.6 is 0 Å². The predicted molar refractivity (Wildman–Crippen MR) is 69.2 cm³/mol. The fourth-order valence-electron chi connectivity index (χ4n) is 1.93. The Balaban J connectivity index is 2.47. The summed E-state index contributed by atoms with van der Waals surface area (Å²) in [5.41, 5.74) is 2.74. The molecule has 2 rings (SSSR count). The van der Waals surface area contributed by atoms with E-state index in [9.17, 15) is 14.4 Å². The van der Waals surface area contributed by atoms with Gasteiger partial charge in [-0.1, -0.05) is 0 Å². The largest absolute Gasteiger partial charge is 0.352 e. The van der Waals surface area contributed by atoms with Gasteiger partial charge < -0.3 is 4.57 Å². The number of nitrogens with one attached hydrogen (secondary N) is 1. The summed E-state index contributed by atoms with van der Waals surface area (Å²) < 4.78 is 1.96. The number of urea groups is 1. The highest BCUT2D eigenvalue weighted by Crippen LogP contribution is 2.19. The highest BCUT2D eigenvalue weighted by molar-refractivity contribution is 6.30. The molecule has 1 aromatic rings. The molecule has 0 spiro atoms. The molecule has 1 aliphatic rings. The second-order valence-electron chi connectivity index (χ2n) is 4.57. The monoisotopic (exact) mass is 261 g/mol. The van der Waals surface area contributed by atoms with Crippen molar-refractivity contribution in [3.8, 4) is 0 Å². The maximum absolute atomic E-state index is 11.9. The number of nitrogens with zero attached hydrogens (tertiary/aromatic N) is 2. The highest BCUT2D eigenvalue weighted by atomic mass is 16.2. The van der Waals surface area contributed by atoms with Crippen LogP contribution < -0.4 is 5.32 Å². The number of imide groups is 2. The Morgan fingerprint density at radius 1 is 1.16 bits per heavy atom. The van der Waals surface area contributed by atoms with Crippen LogP contribution in [0.1, 0.15) is 17.0 Å². The number of carbonyl (C=O) groups is 3. The van der Waals surface area contributed by atoms with Gasteiger partial charge in [0.25, 0.3) is 11.8 Å². The van der Waals surface area contributed by atoms with Gasteiger partial charge in [-0.05, 0) is 31.6 Å². The number of amides is 4. The highest BCUT2D eigenvalue weighted by Gasteiger charge is 2.33. The van der Waals surface area contributed by atoms with Gasteiger partial charge in [0.05, 0.1) is 0 Å². The van der Waals surface area contributed by atoms with E-state index in [4.69, 9.17) is 0 Å². The summed E-state index contributed by atoms with van der Waals surface area (Å²) in [4.78, 5) is 35.8. The van der Waals surface area contributed by atoms with Gasteiger partial charge in [0.1, 0.15) is 5.57 Å². The number of aryl methyl sites for hydroxylation is 1. The summed E-state index contributed by atoms with van der Waals surface area (Å²) in [5.74, 6) is -1.25. The summed E-state index contributed by atoms with van der Waals surface area (Å²) in [6, 6.07) is 1.19. The van der Waals surface area contributed by atoms with Crippen molar-refractivity contribution in [2.75, 3.05) is 7.05 Å². The first-order valence-electron chi connectivity index (χ1n) is 5.81. The number of barbiturate groups is 1. The van der Waals surface area contributed by atoms with Crippen molar-refractivity contribution < 1.29 is 14.4 Å². The van der Waals surface area contributed by atoms with Gasteiger partial charge in [-0.2, -0.15) is 0 Å². The molecule has 4 amide bonds. The van der Waals surface area contributed by atoms with Crippen molar-refractivity contribution in [3.05, 3.63) is 28.6 Å². The van der Waals surface area contributed by atoms with E-state index in [0.717, 1.165) is 21.9 Å². The van der Waals surface area contributed by atoms with Crippen LogP contribution in [0.25, 0.3) is 6.08 Å². The van der Waals surface area contributed by atoms with Crippen LogP contribution in [0, 0.1) is 13.8 Å². The molecule has 1 fully saturated rings. The standard InChI is InChI=1S/C13H15N3O3/c1-7-5-9(8(2)15(7)3)6-10-11(17)14-13(19)16(4)12(10)18/h5-6H,1-4H3,(H,14,17,19)/b10-6-. The molecule has 2 heterocycles. The quantitative estimate of drug-likeness (QED) is 0.598. The molecule has 6 nitrogen and oxygen atoms in total. The Labute approximate surface area is 110 Å². The molecule has 1 saturated heterocycles. The minimum Gasteiger partial charge on any atom is -0.352 e. The Hall–Kier alpha value is -2.37. The number of hydrogen-bond donors (Lipinski definition) is 1. The maximum atomic E-state index is 11.9. The topological polar surface area (TPSA) is 71.4 Å². The van der Waals surface area contributed by atoms with E-state index in [-0.39, 0.29) is 5.57 Å². The fraction of sp³-hybridized carbons (Fsp3) is 0.308. The van der Waals surface area contributed by atoms with E-state index in [1.165, 1.54) is 13.1 Å². The molecule has 0 radical (unpaired) electrons. The average Bonchev–Trinajstić information content (AvgIpc) is 2.59. The van der Waals surface area contributed by atoms with E-state index in [1.54, 1.807) is 0 Å². The summed E-state index contributed by atoms with van der Waals surface area (Å²) in [5, 5.41) is 2.12. The number of hydrogen-bond acceptors (Lipinski definition) is 3.